The van der Waals surface area contributed by atoms with Gasteiger partial charge in [0, 0.05) is 23.8 Å². The van der Waals surface area contributed by atoms with Crippen LogP contribution in [-0.4, -0.2) is 39.8 Å². The van der Waals surface area contributed by atoms with Crippen LogP contribution < -0.4 is 37.0 Å². The lowest BCUT2D eigenvalue weighted by Gasteiger charge is -2.18. The number of nitrogens with zero attached hydrogens (tertiary/aromatic N) is 4. The van der Waals surface area contributed by atoms with Gasteiger partial charge >= 0.3 is 11.6 Å². The van der Waals surface area contributed by atoms with Crippen LogP contribution >= 0.6 is 0 Å². The van der Waals surface area contributed by atoms with Crippen LogP contribution in [0.15, 0.2) is 30.3 Å². The summed E-state index contributed by atoms with van der Waals surface area (Å²) in [6, 6.07) is 8.86. The van der Waals surface area contributed by atoms with Crippen molar-refractivity contribution in [3.05, 3.63) is 35.9 Å². The quantitative estimate of drug-likeness (QED) is 0.284. The van der Waals surface area contributed by atoms with E-state index in [1.807, 2.05) is 13.0 Å². The highest BCUT2D eigenvalue weighted by atomic mass is 35.5. The molecule has 0 bridgehead atoms. The Morgan fingerprint density at radius 2 is 1.75 bits per heavy atom. The molecule has 36 heavy (non-hydrogen) atoms. The van der Waals surface area contributed by atoms with Crippen molar-refractivity contribution < 1.29 is 36.1 Å². The molecule has 0 amide bonds. The molecule has 3 rings (SSSR count). The first-order valence-electron chi connectivity index (χ1n) is 12.3. The molecule has 0 aliphatic heterocycles. The number of halogens is 1. The first kappa shape index (κ1) is 29.2. The van der Waals surface area contributed by atoms with E-state index >= 15 is 0 Å². The van der Waals surface area contributed by atoms with Gasteiger partial charge < -0.3 is 32.4 Å². The molecule has 2 aromatic heterocycles. The van der Waals surface area contributed by atoms with Gasteiger partial charge in [-0.1, -0.05) is 39.1 Å². The van der Waals surface area contributed by atoms with E-state index in [4.69, 9.17) is 19.9 Å². The fraction of sp³-hybridized carbons (Fsp3) is 0.538. The maximum Gasteiger partial charge on any atom is 0.355 e. The Kier molecular flexibility index (Phi) is 10.3. The van der Waals surface area contributed by atoms with E-state index in [0.29, 0.717) is 41.8 Å². The van der Waals surface area contributed by atoms with Crippen molar-refractivity contribution in [3.63, 3.8) is 0 Å². The summed E-state index contributed by atoms with van der Waals surface area (Å²) in [6.07, 6.45) is 2.73. The minimum atomic E-state index is -0.144. The zero-order valence-corrected chi connectivity index (χ0v) is 22.8. The molecule has 2 N–H and O–H groups in total. The van der Waals surface area contributed by atoms with Crippen LogP contribution in [0.2, 0.25) is 0 Å². The van der Waals surface area contributed by atoms with Gasteiger partial charge in [0.25, 0.3) is 5.88 Å². The second kappa shape index (κ2) is 12.8. The third-order valence-electron chi connectivity index (χ3n) is 5.62. The number of aromatic nitrogens is 4. The molecule has 0 saturated heterocycles. The highest BCUT2D eigenvalue weighted by molar-refractivity contribution is 5.96. The average molecular weight is 520 g/mol. The van der Waals surface area contributed by atoms with Crippen LogP contribution in [0, 0.1) is 5.41 Å². The summed E-state index contributed by atoms with van der Waals surface area (Å²) in [5.74, 6) is 1.70. The van der Waals surface area contributed by atoms with Crippen molar-refractivity contribution in [1.82, 2.24) is 14.7 Å². The molecule has 0 radical (unpaired) electrons. The molecule has 0 aliphatic carbocycles. The standard InChI is InChI=1S/C26H38N5O4.ClH/c1-7-19(8-2)35-23-10-11-24-30(29-25(27)31(24)28-23)17-22(32)18-14-20(33-9-3)16-21(15-18)34-13-12-26(4,5)6;/h10-11,14-16,19H,7-9,12-13,17H2,1-6H3,(H2,27,29);1H/q+1;/p-1. The molecule has 2 heterocycles. The number of fused-ring (bicyclic) bond motifs is 1. The molecule has 0 aliphatic rings. The fourth-order valence-electron chi connectivity index (χ4n) is 3.55. The van der Waals surface area contributed by atoms with Crippen molar-refractivity contribution >= 4 is 17.4 Å². The van der Waals surface area contributed by atoms with Crippen molar-refractivity contribution in [2.24, 2.45) is 5.41 Å². The Hall–Kier alpha value is -3.07. The molecule has 10 heteroatoms. The Labute approximate surface area is 219 Å². The summed E-state index contributed by atoms with van der Waals surface area (Å²) >= 11 is 0. The topological polar surface area (TPSA) is 105 Å². The fourth-order valence-corrected chi connectivity index (χ4v) is 3.55. The SMILES string of the molecule is CCOc1cc(OCCC(C)(C)C)cc(C(=O)C[n+]2nc(N)n3nc(OC(CC)CC)ccc32)c1.[Cl-]. The maximum absolute atomic E-state index is 13.2. The molecule has 3 aromatic rings. The van der Waals surface area contributed by atoms with Gasteiger partial charge in [-0.3, -0.25) is 4.79 Å². The Morgan fingerprint density at radius 1 is 1.08 bits per heavy atom. The molecule has 9 nitrogen and oxygen atoms in total. The summed E-state index contributed by atoms with van der Waals surface area (Å²) in [6.45, 7) is 13.6. The molecule has 0 atom stereocenters. The molecular formula is C26H38ClN5O4. The summed E-state index contributed by atoms with van der Waals surface area (Å²) in [5.41, 5.74) is 7.33. The van der Waals surface area contributed by atoms with Crippen LogP contribution in [0.1, 0.15) is 71.2 Å². The van der Waals surface area contributed by atoms with Crippen LogP contribution in [0.25, 0.3) is 5.65 Å². The minimum absolute atomic E-state index is 0. The number of ether oxygens (including phenoxy) is 3. The summed E-state index contributed by atoms with van der Waals surface area (Å²) < 4.78 is 20.6. The third kappa shape index (κ3) is 7.71. The first-order valence-corrected chi connectivity index (χ1v) is 12.3. The molecule has 1 aromatic carbocycles. The Balaban J connectivity index is 0.00000456. The Morgan fingerprint density at radius 3 is 2.36 bits per heavy atom. The van der Waals surface area contributed by atoms with E-state index in [1.165, 1.54) is 4.52 Å². The van der Waals surface area contributed by atoms with Gasteiger partial charge in [-0.15, -0.1) is 4.68 Å². The van der Waals surface area contributed by atoms with Crippen LogP contribution in [0.3, 0.4) is 0 Å². The van der Waals surface area contributed by atoms with Crippen LogP contribution in [-0.2, 0) is 6.54 Å². The monoisotopic (exact) mass is 519 g/mol. The first-order chi connectivity index (χ1) is 16.6. The van der Waals surface area contributed by atoms with E-state index in [1.54, 1.807) is 28.9 Å². The average Bonchev–Trinajstić information content (AvgIpc) is 3.11. The summed E-state index contributed by atoms with van der Waals surface area (Å²) in [4.78, 5) is 13.2. The van der Waals surface area contributed by atoms with E-state index in [2.05, 4.69) is 44.8 Å². The van der Waals surface area contributed by atoms with Gasteiger partial charge in [-0.25, -0.2) is 0 Å². The van der Waals surface area contributed by atoms with Crippen molar-refractivity contribution in [3.8, 4) is 17.4 Å². The number of hydrogen-bond donors (Lipinski definition) is 1. The van der Waals surface area contributed by atoms with E-state index < -0.39 is 0 Å². The molecular weight excluding hydrogens is 482 g/mol. The lowest BCUT2D eigenvalue weighted by atomic mass is 9.93. The van der Waals surface area contributed by atoms with Gasteiger partial charge in [-0.2, -0.15) is 0 Å². The number of hydrogen-bond acceptors (Lipinski definition) is 7. The second-order valence-corrected chi connectivity index (χ2v) is 9.72. The van der Waals surface area contributed by atoms with Crippen LogP contribution in [0.4, 0.5) is 5.95 Å². The second-order valence-electron chi connectivity index (χ2n) is 9.72. The number of benzene rings is 1. The van der Waals surface area contributed by atoms with Gasteiger partial charge in [0.1, 0.15) is 17.6 Å². The number of ketones is 1. The third-order valence-corrected chi connectivity index (χ3v) is 5.62. The zero-order chi connectivity index (χ0) is 25.6. The molecule has 0 saturated carbocycles. The predicted octanol–water partition coefficient (Wildman–Crippen LogP) is 1.27. The highest BCUT2D eigenvalue weighted by Gasteiger charge is 2.23. The number of carbonyl (C=O) groups excluding carboxylic acids is 1. The Bertz CT molecular complexity index is 1160. The number of rotatable bonds is 12. The van der Waals surface area contributed by atoms with E-state index in [9.17, 15) is 4.79 Å². The number of anilines is 1. The van der Waals surface area contributed by atoms with Gasteiger partial charge in [0.2, 0.25) is 5.78 Å². The molecule has 198 valence electrons. The van der Waals surface area contributed by atoms with Crippen molar-refractivity contribution in [2.75, 3.05) is 18.9 Å². The summed E-state index contributed by atoms with van der Waals surface area (Å²) in [5, 5.41) is 8.78. The zero-order valence-electron chi connectivity index (χ0n) is 22.1. The molecule has 0 fully saturated rings. The van der Waals surface area contributed by atoms with E-state index in [-0.39, 0.29) is 42.2 Å². The van der Waals surface area contributed by atoms with Crippen molar-refractivity contribution in [1.29, 1.82) is 0 Å². The normalized spacial score (nSPS) is 11.4. The number of carbonyl (C=O) groups is 1. The minimum Gasteiger partial charge on any atom is -1.00 e. The number of Topliss-reactive ketones (excluding diaryl/α,β-unsaturated/α-hetero) is 1. The van der Waals surface area contributed by atoms with Crippen LogP contribution in [0.5, 0.6) is 17.4 Å². The lowest BCUT2D eigenvalue weighted by molar-refractivity contribution is -0.714. The van der Waals surface area contributed by atoms with Gasteiger partial charge in [0.15, 0.2) is 6.54 Å². The maximum atomic E-state index is 13.2. The van der Waals surface area contributed by atoms with Crippen molar-refractivity contribution in [2.45, 2.75) is 73.5 Å². The smallest absolute Gasteiger partial charge is 0.355 e. The number of nitrogens with two attached hydrogens (primary N) is 1. The van der Waals surface area contributed by atoms with Gasteiger partial charge in [-0.05, 0) is 53.9 Å². The molecule has 0 unspecified atom stereocenters. The largest absolute Gasteiger partial charge is 1.00 e. The van der Waals surface area contributed by atoms with Gasteiger partial charge in [0.05, 0.1) is 13.2 Å². The highest BCUT2D eigenvalue weighted by Crippen LogP contribution is 2.25. The lowest BCUT2D eigenvalue weighted by Crippen LogP contribution is -3.00. The predicted molar refractivity (Wildman–Crippen MR) is 134 cm³/mol. The molecule has 0 spiro atoms. The number of nitrogen functional groups attached to an aromatic ring is 1. The summed E-state index contributed by atoms with van der Waals surface area (Å²) in [7, 11) is 0. The van der Waals surface area contributed by atoms with E-state index in [0.717, 1.165) is 19.3 Å².